The monoisotopic (exact) mass is 173 g/mol. The third kappa shape index (κ3) is 2.48. The van der Waals surface area contributed by atoms with Gasteiger partial charge in [-0.2, -0.15) is 0 Å². The minimum Gasteiger partial charge on any atom is -0.481 e. The summed E-state index contributed by atoms with van der Waals surface area (Å²) >= 11 is 0. The lowest BCUT2D eigenvalue weighted by atomic mass is 9.76. The van der Waals surface area contributed by atoms with Crippen LogP contribution in [-0.4, -0.2) is 24.7 Å². The molecule has 0 aromatic carbocycles. The number of hydrogen-bond acceptors (Lipinski definition) is 2. The van der Waals surface area contributed by atoms with E-state index in [1.807, 2.05) is 20.9 Å². The van der Waals surface area contributed by atoms with Gasteiger partial charge in [0.05, 0.1) is 5.41 Å². The first kappa shape index (κ1) is 11.4. The molecule has 2 N–H and O–H groups in total. The second kappa shape index (κ2) is 4.45. The number of hydrogen-bond donors (Lipinski definition) is 2. The zero-order chi connectivity index (χ0) is 9.78. The van der Waals surface area contributed by atoms with Gasteiger partial charge in [-0.05, 0) is 32.9 Å². The van der Waals surface area contributed by atoms with E-state index in [9.17, 15) is 4.79 Å². The van der Waals surface area contributed by atoms with Crippen LogP contribution in [0, 0.1) is 11.3 Å². The fraction of sp³-hybridized carbons (Fsp3) is 0.889. The van der Waals surface area contributed by atoms with E-state index in [1.54, 1.807) is 6.92 Å². The minimum atomic E-state index is -0.701. The molecule has 0 rings (SSSR count). The molecule has 0 fully saturated rings. The SMILES string of the molecule is CNCCC(C)(C(=O)O)C(C)C. The van der Waals surface area contributed by atoms with Gasteiger partial charge in [0.1, 0.15) is 0 Å². The Morgan fingerprint density at radius 1 is 1.58 bits per heavy atom. The Morgan fingerprint density at radius 2 is 2.08 bits per heavy atom. The number of nitrogens with one attached hydrogen (secondary N) is 1. The number of carbonyl (C=O) groups is 1. The molecule has 0 spiro atoms. The lowest BCUT2D eigenvalue weighted by Gasteiger charge is -2.28. The first-order valence-electron chi connectivity index (χ1n) is 4.33. The van der Waals surface area contributed by atoms with E-state index in [4.69, 9.17) is 5.11 Å². The van der Waals surface area contributed by atoms with Crippen LogP contribution in [-0.2, 0) is 4.79 Å². The van der Waals surface area contributed by atoms with Crippen LogP contribution in [0.4, 0.5) is 0 Å². The number of rotatable bonds is 5. The summed E-state index contributed by atoms with van der Waals surface area (Å²) in [6, 6.07) is 0. The molecular formula is C9H19NO2. The molecule has 3 heteroatoms. The van der Waals surface area contributed by atoms with E-state index in [0.717, 1.165) is 6.54 Å². The molecule has 0 aliphatic heterocycles. The Labute approximate surface area is 74.2 Å². The van der Waals surface area contributed by atoms with Crippen molar-refractivity contribution in [3.63, 3.8) is 0 Å². The topological polar surface area (TPSA) is 49.3 Å². The van der Waals surface area contributed by atoms with Gasteiger partial charge < -0.3 is 10.4 Å². The predicted molar refractivity (Wildman–Crippen MR) is 49.1 cm³/mol. The van der Waals surface area contributed by atoms with Gasteiger partial charge >= 0.3 is 5.97 Å². The summed E-state index contributed by atoms with van der Waals surface area (Å²) in [5, 5.41) is 12.0. The quantitative estimate of drug-likeness (QED) is 0.659. The Bertz CT molecular complexity index is 157. The molecule has 0 aliphatic rings. The largest absolute Gasteiger partial charge is 0.481 e. The molecule has 0 aliphatic carbocycles. The molecule has 0 radical (unpaired) electrons. The summed E-state index contributed by atoms with van der Waals surface area (Å²) in [7, 11) is 1.84. The zero-order valence-corrected chi connectivity index (χ0v) is 8.35. The summed E-state index contributed by atoms with van der Waals surface area (Å²) in [6.45, 7) is 6.45. The van der Waals surface area contributed by atoms with E-state index in [-0.39, 0.29) is 5.92 Å². The zero-order valence-electron chi connectivity index (χ0n) is 8.35. The highest BCUT2D eigenvalue weighted by Crippen LogP contribution is 2.30. The molecule has 3 nitrogen and oxygen atoms in total. The van der Waals surface area contributed by atoms with Crippen LogP contribution in [0.5, 0.6) is 0 Å². The Kier molecular flexibility index (Phi) is 4.24. The van der Waals surface area contributed by atoms with Crippen molar-refractivity contribution < 1.29 is 9.90 Å². The summed E-state index contributed by atoms with van der Waals surface area (Å²) < 4.78 is 0. The molecule has 0 saturated carbocycles. The van der Waals surface area contributed by atoms with Crippen LogP contribution >= 0.6 is 0 Å². The van der Waals surface area contributed by atoms with Crippen LogP contribution in [0.25, 0.3) is 0 Å². The second-order valence-electron chi connectivity index (χ2n) is 3.73. The molecule has 0 saturated heterocycles. The van der Waals surface area contributed by atoms with Crippen molar-refractivity contribution in [1.29, 1.82) is 0 Å². The van der Waals surface area contributed by atoms with Crippen molar-refractivity contribution in [2.24, 2.45) is 11.3 Å². The van der Waals surface area contributed by atoms with Crippen LogP contribution in [0.2, 0.25) is 0 Å². The minimum absolute atomic E-state index is 0.170. The average molecular weight is 173 g/mol. The van der Waals surface area contributed by atoms with Crippen LogP contribution in [0.1, 0.15) is 27.2 Å². The van der Waals surface area contributed by atoms with Gasteiger partial charge in [-0.3, -0.25) is 4.79 Å². The van der Waals surface area contributed by atoms with Crippen molar-refractivity contribution in [1.82, 2.24) is 5.32 Å². The van der Waals surface area contributed by atoms with Gasteiger partial charge in [-0.15, -0.1) is 0 Å². The highest BCUT2D eigenvalue weighted by atomic mass is 16.4. The molecule has 72 valence electrons. The fourth-order valence-corrected chi connectivity index (χ4v) is 1.03. The standard InChI is InChI=1S/C9H19NO2/c1-7(2)9(3,8(11)12)5-6-10-4/h7,10H,5-6H2,1-4H3,(H,11,12). The Balaban J connectivity index is 4.29. The first-order chi connectivity index (χ1) is 5.45. The maximum absolute atomic E-state index is 10.9. The van der Waals surface area contributed by atoms with E-state index >= 15 is 0 Å². The van der Waals surface area contributed by atoms with Crippen molar-refractivity contribution in [3.8, 4) is 0 Å². The lowest BCUT2D eigenvalue weighted by molar-refractivity contribution is -0.151. The highest BCUT2D eigenvalue weighted by molar-refractivity contribution is 5.74. The van der Waals surface area contributed by atoms with Crippen LogP contribution in [0.3, 0.4) is 0 Å². The highest BCUT2D eigenvalue weighted by Gasteiger charge is 2.35. The lowest BCUT2D eigenvalue weighted by Crippen LogP contribution is -2.35. The maximum atomic E-state index is 10.9. The van der Waals surface area contributed by atoms with Crippen LogP contribution < -0.4 is 5.32 Å². The molecule has 1 atom stereocenters. The molecular weight excluding hydrogens is 154 g/mol. The van der Waals surface area contributed by atoms with Gasteiger partial charge in [0.2, 0.25) is 0 Å². The van der Waals surface area contributed by atoms with Gasteiger partial charge in [0.25, 0.3) is 0 Å². The number of aliphatic carboxylic acids is 1. The Morgan fingerprint density at radius 3 is 2.33 bits per heavy atom. The van der Waals surface area contributed by atoms with Crippen molar-refractivity contribution in [3.05, 3.63) is 0 Å². The summed E-state index contributed by atoms with van der Waals surface area (Å²) in [4.78, 5) is 10.9. The molecule has 12 heavy (non-hydrogen) atoms. The smallest absolute Gasteiger partial charge is 0.309 e. The third-order valence-electron chi connectivity index (χ3n) is 2.66. The molecule has 0 aromatic heterocycles. The van der Waals surface area contributed by atoms with E-state index in [0.29, 0.717) is 6.42 Å². The van der Waals surface area contributed by atoms with Crippen LogP contribution in [0.15, 0.2) is 0 Å². The molecule has 0 heterocycles. The molecule has 0 amide bonds. The normalized spacial score (nSPS) is 16.1. The predicted octanol–water partition coefficient (Wildman–Crippen LogP) is 1.34. The summed E-state index contributed by atoms with van der Waals surface area (Å²) in [5.41, 5.74) is -0.594. The van der Waals surface area contributed by atoms with Gasteiger partial charge in [0.15, 0.2) is 0 Å². The van der Waals surface area contributed by atoms with E-state index < -0.39 is 11.4 Å². The van der Waals surface area contributed by atoms with Gasteiger partial charge in [0, 0.05) is 0 Å². The Hall–Kier alpha value is -0.570. The van der Waals surface area contributed by atoms with E-state index in [2.05, 4.69) is 5.32 Å². The maximum Gasteiger partial charge on any atom is 0.309 e. The molecule has 0 bridgehead atoms. The van der Waals surface area contributed by atoms with Crippen molar-refractivity contribution in [2.45, 2.75) is 27.2 Å². The molecule has 1 unspecified atom stereocenters. The molecule has 0 aromatic rings. The van der Waals surface area contributed by atoms with Gasteiger partial charge in [-0.25, -0.2) is 0 Å². The first-order valence-corrected chi connectivity index (χ1v) is 4.33. The third-order valence-corrected chi connectivity index (χ3v) is 2.66. The fourth-order valence-electron chi connectivity index (χ4n) is 1.03. The van der Waals surface area contributed by atoms with Crippen molar-refractivity contribution >= 4 is 5.97 Å². The second-order valence-corrected chi connectivity index (χ2v) is 3.73. The number of carboxylic acids is 1. The summed E-state index contributed by atoms with van der Waals surface area (Å²) in [5.74, 6) is -0.531. The number of carboxylic acid groups (broad SMARTS) is 1. The average Bonchev–Trinajstić information content (AvgIpc) is 1.99. The van der Waals surface area contributed by atoms with E-state index in [1.165, 1.54) is 0 Å². The summed E-state index contributed by atoms with van der Waals surface area (Å²) in [6.07, 6.45) is 0.677. The van der Waals surface area contributed by atoms with Crippen molar-refractivity contribution in [2.75, 3.05) is 13.6 Å². The van der Waals surface area contributed by atoms with Gasteiger partial charge in [-0.1, -0.05) is 13.8 Å².